The second-order valence-electron chi connectivity index (χ2n) is 5.31. The molecule has 5 nitrogen and oxygen atoms in total. The lowest BCUT2D eigenvalue weighted by molar-refractivity contribution is 0.0936. The number of anilines is 1. The Bertz CT molecular complexity index is 875. The minimum absolute atomic E-state index is 0.100. The van der Waals surface area contributed by atoms with E-state index in [1.165, 1.54) is 0 Å². The molecule has 2 aromatic carbocycles. The van der Waals surface area contributed by atoms with E-state index in [0.717, 1.165) is 27.0 Å². The van der Waals surface area contributed by atoms with Gasteiger partial charge in [-0.1, -0.05) is 46.3 Å². The number of aromatic nitrogens is 2. The zero-order valence-corrected chi connectivity index (χ0v) is 13.6. The van der Waals surface area contributed by atoms with Crippen molar-refractivity contribution in [1.29, 1.82) is 0 Å². The summed E-state index contributed by atoms with van der Waals surface area (Å²) < 4.78 is 0.924. The predicted molar refractivity (Wildman–Crippen MR) is 92.0 cm³/mol. The maximum atomic E-state index is 12.4. The van der Waals surface area contributed by atoms with Crippen LogP contribution in [0, 0.1) is 0 Å². The van der Waals surface area contributed by atoms with Crippen LogP contribution in [0.25, 0.3) is 11.3 Å². The highest BCUT2D eigenvalue weighted by Gasteiger charge is 2.27. The average molecular weight is 369 g/mol. The number of hydrogen-bond donors (Lipinski definition) is 3. The Kier molecular flexibility index (Phi) is 3.38. The van der Waals surface area contributed by atoms with Gasteiger partial charge in [-0.25, -0.2) is 0 Å². The number of carbonyl (C=O) groups excluding carboxylic acids is 1. The molecule has 1 aromatic heterocycles. The first-order chi connectivity index (χ1) is 11.2. The van der Waals surface area contributed by atoms with Gasteiger partial charge < -0.3 is 10.6 Å². The molecule has 3 N–H and O–H groups in total. The van der Waals surface area contributed by atoms with Crippen LogP contribution in [-0.2, 0) is 0 Å². The van der Waals surface area contributed by atoms with E-state index in [2.05, 4.69) is 36.8 Å². The number of rotatable bonds is 2. The zero-order chi connectivity index (χ0) is 15.8. The number of carbonyl (C=O) groups is 1. The van der Waals surface area contributed by atoms with Crippen LogP contribution in [0.15, 0.2) is 59.2 Å². The van der Waals surface area contributed by atoms with E-state index in [9.17, 15) is 4.79 Å². The summed E-state index contributed by atoms with van der Waals surface area (Å²) in [4.78, 5) is 12.4. The number of aromatic amines is 1. The minimum atomic E-state index is -0.335. The third kappa shape index (κ3) is 2.51. The summed E-state index contributed by atoms with van der Waals surface area (Å²) in [5.41, 5.74) is 4.25. The Balaban J connectivity index is 1.74. The number of fused-ring (bicyclic) bond motifs is 1. The molecule has 6 heteroatoms. The largest absolute Gasteiger partial charge is 0.361 e. The van der Waals surface area contributed by atoms with Gasteiger partial charge in [-0.3, -0.25) is 9.89 Å². The molecule has 2 heterocycles. The fourth-order valence-electron chi connectivity index (χ4n) is 2.74. The van der Waals surface area contributed by atoms with Crippen molar-refractivity contribution in [3.8, 4) is 11.3 Å². The number of H-pyrrole nitrogens is 1. The van der Waals surface area contributed by atoms with E-state index in [1.807, 2.05) is 42.5 Å². The first-order valence-corrected chi connectivity index (χ1v) is 7.97. The lowest BCUT2D eigenvalue weighted by Gasteiger charge is -2.28. The molecule has 0 saturated carbocycles. The van der Waals surface area contributed by atoms with Crippen LogP contribution in [0.5, 0.6) is 0 Å². The molecule has 114 valence electrons. The van der Waals surface area contributed by atoms with E-state index >= 15 is 0 Å². The van der Waals surface area contributed by atoms with Crippen molar-refractivity contribution in [2.24, 2.45) is 0 Å². The number of amides is 1. The first kappa shape index (κ1) is 14.0. The molecule has 0 aliphatic carbocycles. The molecule has 1 aliphatic heterocycles. The van der Waals surface area contributed by atoms with Crippen molar-refractivity contribution in [3.05, 3.63) is 70.3 Å². The number of halogens is 1. The molecule has 4 rings (SSSR count). The lowest BCUT2D eigenvalue weighted by atomic mass is 10.0. The highest BCUT2D eigenvalue weighted by Crippen LogP contribution is 2.32. The second kappa shape index (κ2) is 5.55. The molecule has 0 bridgehead atoms. The molecule has 1 unspecified atom stereocenters. The van der Waals surface area contributed by atoms with Crippen LogP contribution in [0.1, 0.15) is 22.1 Å². The van der Waals surface area contributed by atoms with Gasteiger partial charge in [0.15, 0.2) is 0 Å². The van der Waals surface area contributed by atoms with Gasteiger partial charge in [-0.05, 0) is 23.8 Å². The fraction of sp³-hybridized carbons (Fsp3) is 0.0588. The van der Waals surface area contributed by atoms with Gasteiger partial charge in [0.05, 0.1) is 17.5 Å². The maximum absolute atomic E-state index is 12.4. The average Bonchev–Trinajstić information content (AvgIpc) is 3.05. The van der Waals surface area contributed by atoms with Gasteiger partial charge in [-0.2, -0.15) is 5.10 Å². The minimum Gasteiger partial charge on any atom is -0.361 e. The molecule has 1 aliphatic rings. The lowest BCUT2D eigenvalue weighted by Crippen LogP contribution is -2.38. The summed E-state index contributed by atoms with van der Waals surface area (Å²) in [6, 6.07) is 15.5. The maximum Gasteiger partial charge on any atom is 0.255 e. The van der Waals surface area contributed by atoms with Crippen LogP contribution in [0.2, 0.25) is 0 Å². The summed E-state index contributed by atoms with van der Waals surface area (Å²) in [6.45, 7) is 0. The Morgan fingerprint density at radius 2 is 1.87 bits per heavy atom. The van der Waals surface area contributed by atoms with Crippen molar-refractivity contribution in [2.75, 3.05) is 5.32 Å². The number of benzene rings is 2. The fourth-order valence-corrected chi connectivity index (χ4v) is 3.10. The number of hydrogen-bond acceptors (Lipinski definition) is 3. The zero-order valence-electron chi connectivity index (χ0n) is 12.0. The molecule has 3 aromatic rings. The monoisotopic (exact) mass is 368 g/mol. The predicted octanol–water partition coefficient (Wildman–Crippen LogP) is 3.69. The highest BCUT2D eigenvalue weighted by molar-refractivity contribution is 9.10. The Morgan fingerprint density at radius 1 is 1.04 bits per heavy atom. The molecular weight excluding hydrogens is 356 g/mol. The Labute approximate surface area is 141 Å². The molecule has 0 radical (unpaired) electrons. The van der Waals surface area contributed by atoms with Gasteiger partial charge in [0, 0.05) is 15.7 Å². The molecule has 0 fully saturated rings. The second-order valence-corrected chi connectivity index (χ2v) is 6.22. The number of nitrogens with zero attached hydrogens (tertiary/aromatic N) is 1. The van der Waals surface area contributed by atoms with Gasteiger partial charge in [0.1, 0.15) is 6.17 Å². The molecule has 1 atom stereocenters. The SMILES string of the molecule is O=C1NC(c2cn[nH]c2-c2ccccc2)Nc2cc(Br)ccc21. The topological polar surface area (TPSA) is 69.8 Å². The van der Waals surface area contributed by atoms with Crippen LogP contribution in [-0.4, -0.2) is 16.1 Å². The van der Waals surface area contributed by atoms with Crippen molar-refractivity contribution in [3.63, 3.8) is 0 Å². The standard InChI is InChI=1S/C17H13BrN4O/c18-11-6-7-12-14(8-11)20-16(21-17(12)23)13-9-19-22-15(13)10-4-2-1-3-5-10/h1-9,16,20H,(H,19,22)(H,21,23). The third-order valence-electron chi connectivity index (χ3n) is 3.84. The van der Waals surface area contributed by atoms with Crippen molar-refractivity contribution in [2.45, 2.75) is 6.17 Å². The van der Waals surface area contributed by atoms with E-state index in [1.54, 1.807) is 12.3 Å². The van der Waals surface area contributed by atoms with E-state index in [0.29, 0.717) is 5.56 Å². The molecule has 1 amide bonds. The number of nitrogens with one attached hydrogen (secondary N) is 3. The third-order valence-corrected chi connectivity index (χ3v) is 4.34. The Morgan fingerprint density at radius 3 is 2.70 bits per heavy atom. The van der Waals surface area contributed by atoms with Crippen molar-refractivity contribution >= 4 is 27.5 Å². The van der Waals surface area contributed by atoms with Crippen LogP contribution >= 0.6 is 15.9 Å². The van der Waals surface area contributed by atoms with E-state index < -0.39 is 0 Å². The van der Waals surface area contributed by atoms with Crippen LogP contribution in [0.3, 0.4) is 0 Å². The van der Waals surface area contributed by atoms with Gasteiger partial charge >= 0.3 is 0 Å². The van der Waals surface area contributed by atoms with Gasteiger partial charge in [0.25, 0.3) is 5.91 Å². The molecule has 0 saturated heterocycles. The summed E-state index contributed by atoms with van der Waals surface area (Å²) in [7, 11) is 0. The normalized spacial score (nSPS) is 16.4. The molecule has 0 spiro atoms. The summed E-state index contributed by atoms with van der Waals surface area (Å²) in [6.07, 6.45) is 1.40. The van der Waals surface area contributed by atoms with Gasteiger partial charge in [-0.15, -0.1) is 0 Å². The summed E-state index contributed by atoms with van der Waals surface area (Å²) >= 11 is 3.44. The molecular formula is C17H13BrN4O. The van der Waals surface area contributed by atoms with Gasteiger partial charge in [0.2, 0.25) is 0 Å². The van der Waals surface area contributed by atoms with Crippen LogP contribution < -0.4 is 10.6 Å². The highest BCUT2D eigenvalue weighted by atomic mass is 79.9. The quantitative estimate of drug-likeness (QED) is 0.645. The van der Waals surface area contributed by atoms with E-state index in [4.69, 9.17) is 0 Å². The van der Waals surface area contributed by atoms with Crippen molar-refractivity contribution < 1.29 is 4.79 Å². The first-order valence-electron chi connectivity index (χ1n) is 7.18. The van der Waals surface area contributed by atoms with Crippen molar-refractivity contribution in [1.82, 2.24) is 15.5 Å². The smallest absolute Gasteiger partial charge is 0.255 e. The van der Waals surface area contributed by atoms with E-state index in [-0.39, 0.29) is 12.1 Å². The summed E-state index contributed by atoms with van der Waals surface area (Å²) in [5, 5.41) is 13.5. The Hall–Kier alpha value is -2.60. The summed E-state index contributed by atoms with van der Waals surface area (Å²) in [5.74, 6) is -0.100. The molecule has 23 heavy (non-hydrogen) atoms. The van der Waals surface area contributed by atoms with Crippen LogP contribution in [0.4, 0.5) is 5.69 Å².